The van der Waals surface area contributed by atoms with Crippen LogP contribution in [0.15, 0.2) is 102 Å². The van der Waals surface area contributed by atoms with Gasteiger partial charge in [0.15, 0.2) is 0 Å². The maximum atomic E-state index is 14.6. The molecule has 46 heavy (non-hydrogen) atoms. The number of nitrogens with one attached hydrogen (secondary N) is 1. The molecule has 0 spiro atoms. The van der Waals surface area contributed by atoms with Crippen LogP contribution >= 0.6 is 0 Å². The van der Waals surface area contributed by atoms with Crippen LogP contribution in [-0.4, -0.2) is 43.8 Å². The minimum Gasteiger partial charge on any atom is -0.352 e. The molecule has 0 bridgehead atoms. The summed E-state index contributed by atoms with van der Waals surface area (Å²) in [6.07, 6.45) is 0.884. The fraction of sp³-hybridized carbons (Fsp3) is 0.297. The molecule has 7 nitrogen and oxygen atoms in total. The Labute approximate surface area is 272 Å². The van der Waals surface area contributed by atoms with E-state index >= 15 is 0 Å². The van der Waals surface area contributed by atoms with Gasteiger partial charge in [-0.15, -0.1) is 0 Å². The number of benzene rings is 4. The molecule has 0 aromatic heterocycles. The minimum atomic E-state index is -4.21. The summed E-state index contributed by atoms with van der Waals surface area (Å²) in [7, 11) is -4.21. The fourth-order valence-corrected chi connectivity index (χ4v) is 6.70. The van der Waals surface area contributed by atoms with Crippen LogP contribution < -0.4 is 9.62 Å². The molecule has 0 heterocycles. The Hall–Kier alpha value is -4.50. The molecule has 2 atom stereocenters. The largest absolute Gasteiger partial charge is 0.352 e. The van der Waals surface area contributed by atoms with Gasteiger partial charge in [0.05, 0.1) is 10.6 Å². The van der Waals surface area contributed by atoms with E-state index < -0.39 is 34.3 Å². The third-order valence-electron chi connectivity index (χ3n) is 8.05. The zero-order valence-corrected chi connectivity index (χ0v) is 27.9. The summed E-state index contributed by atoms with van der Waals surface area (Å²) >= 11 is 0. The predicted octanol–water partition coefficient (Wildman–Crippen LogP) is 6.50. The molecule has 1 N–H and O–H groups in total. The average Bonchev–Trinajstić information content (AvgIpc) is 3.03. The first kappa shape index (κ1) is 34.4. The summed E-state index contributed by atoms with van der Waals surface area (Å²) in [6, 6.07) is 25.8. The van der Waals surface area contributed by atoms with E-state index in [-0.39, 0.29) is 29.8 Å². The molecule has 0 saturated carbocycles. The summed E-state index contributed by atoms with van der Waals surface area (Å²) in [6.45, 7) is 8.84. The Morgan fingerprint density at radius 1 is 0.826 bits per heavy atom. The molecule has 0 aliphatic rings. The van der Waals surface area contributed by atoms with Gasteiger partial charge in [-0.25, -0.2) is 12.8 Å². The number of carbonyl (C=O) groups excluding carboxylic acids is 2. The molecule has 0 radical (unpaired) electrons. The van der Waals surface area contributed by atoms with Crippen molar-refractivity contribution in [2.75, 3.05) is 10.8 Å². The van der Waals surface area contributed by atoms with E-state index in [1.54, 1.807) is 43.3 Å². The van der Waals surface area contributed by atoms with Crippen LogP contribution in [0.4, 0.5) is 10.1 Å². The van der Waals surface area contributed by atoms with E-state index in [9.17, 15) is 22.4 Å². The van der Waals surface area contributed by atoms with Gasteiger partial charge in [-0.05, 0) is 81.1 Å². The molecule has 0 saturated heterocycles. The third-order valence-corrected chi connectivity index (χ3v) is 9.82. The third kappa shape index (κ3) is 8.60. The topological polar surface area (TPSA) is 86.8 Å². The molecular formula is C37H42FN3O4S. The fourth-order valence-electron chi connectivity index (χ4n) is 5.22. The lowest BCUT2D eigenvalue weighted by atomic mass is 10.0. The molecule has 0 aliphatic heterocycles. The summed E-state index contributed by atoms with van der Waals surface area (Å²) in [5.41, 5.74) is 4.33. The van der Waals surface area contributed by atoms with Gasteiger partial charge in [0.2, 0.25) is 11.8 Å². The lowest BCUT2D eigenvalue weighted by molar-refractivity contribution is -0.140. The van der Waals surface area contributed by atoms with E-state index in [4.69, 9.17) is 0 Å². The van der Waals surface area contributed by atoms with Crippen molar-refractivity contribution in [1.82, 2.24) is 10.2 Å². The van der Waals surface area contributed by atoms with Gasteiger partial charge in [0, 0.05) is 19.0 Å². The number of amides is 2. The standard InChI is InChI=1S/C37H42FN3O4S/c1-6-29(5)39-37(43)35(23-30-10-8-7-9-11-30)40(24-31-15-17-32(38)18-16-31)36(42)25-41(34-21-14-27(3)22-28(34)4)46(44,45)33-19-12-26(2)13-20-33/h7-22,29,35H,6,23-25H2,1-5H3,(H,39,43)/t29-,35+/m1/s1. The first-order chi connectivity index (χ1) is 21.9. The van der Waals surface area contributed by atoms with Crippen molar-refractivity contribution in [3.8, 4) is 0 Å². The summed E-state index contributed by atoms with van der Waals surface area (Å²) in [5.74, 6) is -1.35. The second kappa shape index (κ2) is 15.2. The molecule has 2 amide bonds. The van der Waals surface area contributed by atoms with Gasteiger partial charge in [-0.2, -0.15) is 0 Å². The number of carbonyl (C=O) groups is 2. The van der Waals surface area contributed by atoms with Crippen LogP contribution in [0, 0.1) is 26.6 Å². The number of halogens is 1. The zero-order valence-electron chi connectivity index (χ0n) is 27.0. The molecule has 4 rings (SSSR count). The minimum absolute atomic E-state index is 0.0319. The van der Waals surface area contributed by atoms with Crippen molar-refractivity contribution >= 4 is 27.5 Å². The van der Waals surface area contributed by atoms with E-state index in [1.165, 1.54) is 29.2 Å². The van der Waals surface area contributed by atoms with Crippen molar-refractivity contribution < 1.29 is 22.4 Å². The van der Waals surface area contributed by atoms with Crippen LogP contribution in [-0.2, 0) is 32.6 Å². The van der Waals surface area contributed by atoms with Gasteiger partial charge in [0.25, 0.3) is 10.0 Å². The molecule has 242 valence electrons. The number of hydrogen-bond donors (Lipinski definition) is 1. The monoisotopic (exact) mass is 643 g/mol. The molecule has 0 unspecified atom stereocenters. The quantitative estimate of drug-likeness (QED) is 0.180. The van der Waals surface area contributed by atoms with Gasteiger partial charge in [0.1, 0.15) is 18.4 Å². The van der Waals surface area contributed by atoms with E-state index in [0.717, 1.165) is 21.0 Å². The first-order valence-electron chi connectivity index (χ1n) is 15.4. The predicted molar refractivity (Wildman–Crippen MR) is 180 cm³/mol. The van der Waals surface area contributed by atoms with Crippen molar-refractivity contribution in [3.05, 3.63) is 131 Å². The SMILES string of the molecule is CC[C@@H](C)NC(=O)[C@H](Cc1ccccc1)N(Cc1ccc(F)cc1)C(=O)CN(c1ccc(C)cc1C)S(=O)(=O)c1ccc(C)cc1. The number of rotatable bonds is 13. The molecular weight excluding hydrogens is 601 g/mol. The van der Waals surface area contributed by atoms with Gasteiger partial charge < -0.3 is 10.2 Å². The molecule has 9 heteroatoms. The van der Waals surface area contributed by atoms with Gasteiger partial charge >= 0.3 is 0 Å². The number of sulfonamides is 1. The first-order valence-corrected chi connectivity index (χ1v) is 16.9. The summed E-state index contributed by atoms with van der Waals surface area (Å²) < 4.78 is 43.5. The Morgan fingerprint density at radius 3 is 2.07 bits per heavy atom. The molecule has 0 aliphatic carbocycles. The lowest BCUT2D eigenvalue weighted by Crippen LogP contribution is -2.54. The van der Waals surface area contributed by atoms with Crippen molar-refractivity contribution in [1.29, 1.82) is 0 Å². The zero-order chi connectivity index (χ0) is 33.4. The van der Waals surface area contributed by atoms with Crippen molar-refractivity contribution in [2.24, 2.45) is 0 Å². The normalized spacial score (nSPS) is 12.7. The highest BCUT2D eigenvalue weighted by Crippen LogP contribution is 2.29. The highest BCUT2D eigenvalue weighted by atomic mass is 32.2. The number of nitrogens with zero attached hydrogens (tertiary/aromatic N) is 2. The Bertz CT molecular complexity index is 1740. The highest BCUT2D eigenvalue weighted by Gasteiger charge is 2.35. The summed E-state index contributed by atoms with van der Waals surface area (Å²) in [4.78, 5) is 29.9. The van der Waals surface area contributed by atoms with Crippen molar-refractivity contribution in [2.45, 2.75) is 71.0 Å². The molecule has 4 aromatic carbocycles. The molecule has 4 aromatic rings. The van der Waals surface area contributed by atoms with Gasteiger partial charge in [-0.1, -0.05) is 84.8 Å². The second-order valence-corrected chi connectivity index (χ2v) is 13.6. The Balaban J connectivity index is 1.83. The Kier molecular flexibility index (Phi) is 11.4. The summed E-state index contributed by atoms with van der Waals surface area (Å²) in [5, 5.41) is 3.02. The smallest absolute Gasteiger partial charge is 0.264 e. The Morgan fingerprint density at radius 2 is 1.46 bits per heavy atom. The van der Waals surface area contributed by atoms with E-state index in [0.29, 0.717) is 23.2 Å². The van der Waals surface area contributed by atoms with Crippen LogP contribution in [0.1, 0.15) is 48.1 Å². The van der Waals surface area contributed by atoms with Crippen LogP contribution in [0.2, 0.25) is 0 Å². The number of anilines is 1. The van der Waals surface area contributed by atoms with Crippen LogP contribution in [0.25, 0.3) is 0 Å². The van der Waals surface area contributed by atoms with Crippen LogP contribution in [0.5, 0.6) is 0 Å². The van der Waals surface area contributed by atoms with Crippen molar-refractivity contribution in [3.63, 3.8) is 0 Å². The maximum Gasteiger partial charge on any atom is 0.264 e. The molecule has 0 fully saturated rings. The number of aryl methyl sites for hydroxylation is 3. The lowest BCUT2D eigenvalue weighted by Gasteiger charge is -2.34. The number of hydrogen-bond acceptors (Lipinski definition) is 4. The van der Waals surface area contributed by atoms with E-state index in [2.05, 4.69) is 5.32 Å². The van der Waals surface area contributed by atoms with E-state index in [1.807, 2.05) is 64.1 Å². The van der Waals surface area contributed by atoms with Gasteiger partial charge in [-0.3, -0.25) is 13.9 Å². The highest BCUT2D eigenvalue weighted by molar-refractivity contribution is 7.92. The second-order valence-electron chi connectivity index (χ2n) is 11.8. The average molecular weight is 644 g/mol. The maximum absolute atomic E-state index is 14.6. The van der Waals surface area contributed by atoms with Crippen LogP contribution in [0.3, 0.4) is 0 Å².